The number of anilines is 1. The molecule has 1 aromatic carbocycles. The van der Waals surface area contributed by atoms with Crippen molar-refractivity contribution in [1.82, 2.24) is 10.3 Å². The second-order valence-electron chi connectivity index (χ2n) is 7.99. The summed E-state index contributed by atoms with van der Waals surface area (Å²) in [7, 11) is 1.70. The van der Waals surface area contributed by atoms with Crippen molar-refractivity contribution in [3.05, 3.63) is 47.2 Å². The lowest BCUT2D eigenvalue weighted by molar-refractivity contribution is -0.137. The number of aliphatic imine (C=N–C) groups is 1. The molecular formula is C23H29F3IN4O3P. The molecule has 35 heavy (non-hydrogen) atoms. The summed E-state index contributed by atoms with van der Waals surface area (Å²) in [5, 5.41) is 6.78. The summed E-state index contributed by atoms with van der Waals surface area (Å²) in [5.41, 5.74) is 0.887. The number of fused-ring (bicyclic) bond motifs is 1. The van der Waals surface area contributed by atoms with Crippen LogP contribution >= 0.6 is 28.5 Å². The van der Waals surface area contributed by atoms with Crippen LogP contribution in [0.3, 0.4) is 0 Å². The topological polar surface area (TPSA) is 84.8 Å². The van der Waals surface area contributed by atoms with Crippen LogP contribution in [0.25, 0.3) is 0 Å². The lowest BCUT2D eigenvalue weighted by Gasteiger charge is -2.19. The summed E-state index contributed by atoms with van der Waals surface area (Å²) in [4.78, 5) is 16.9. The Morgan fingerprint density at radius 2 is 2.09 bits per heavy atom. The number of ether oxygens (including phenoxy) is 1. The Morgan fingerprint density at radius 3 is 2.71 bits per heavy atom. The van der Waals surface area contributed by atoms with Gasteiger partial charge in [-0.2, -0.15) is 13.2 Å². The van der Waals surface area contributed by atoms with Crippen LogP contribution in [-0.4, -0.2) is 37.8 Å². The number of nitrogens with zero attached hydrogens (tertiary/aromatic N) is 2. The average molecular weight is 624 g/mol. The highest BCUT2D eigenvalue weighted by Crippen LogP contribution is 2.42. The molecule has 1 aliphatic heterocycles. The highest BCUT2D eigenvalue weighted by atomic mass is 127. The third kappa shape index (κ3) is 8.01. The van der Waals surface area contributed by atoms with E-state index in [9.17, 15) is 13.2 Å². The van der Waals surface area contributed by atoms with Gasteiger partial charge in [0.25, 0.3) is 0 Å². The number of amidine groups is 1. The van der Waals surface area contributed by atoms with Crippen LogP contribution < -0.4 is 15.4 Å². The second-order valence-corrected chi connectivity index (χ2v) is 9.76. The Balaban J connectivity index is 0.00000210. The van der Waals surface area contributed by atoms with Gasteiger partial charge in [0.15, 0.2) is 5.75 Å². The van der Waals surface area contributed by atoms with Crippen molar-refractivity contribution in [3.8, 4) is 11.5 Å². The zero-order valence-electron chi connectivity index (χ0n) is 19.7. The molecule has 2 heterocycles. The largest absolute Gasteiger partial charge is 0.455 e. The molecule has 3 rings (SSSR count). The summed E-state index contributed by atoms with van der Waals surface area (Å²) in [5.74, 6) is 2.25. The maximum atomic E-state index is 13.2. The molecule has 0 aliphatic carbocycles. The van der Waals surface area contributed by atoms with Gasteiger partial charge >= 0.3 is 6.18 Å². The number of hydrogen-bond donors (Lipinski definition) is 2. The average Bonchev–Trinajstić information content (AvgIpc) is 3.19. The molecule has 12 heteroatoms. The van der Waals surface area contributed by atoms with Crippen LogP contribution in [0, 0.1) is 5.92 Å². The van der Waals surface area contributed by atoms with Gasteiger partial charge in [0, 0.05) is 19.2 Å². The second kappa shape index (κ2) is 13.9. The zero-order valence-corrected chi connectivity index (χ0v) is 22.9. The molecule has 0 saturated heterocycles. The molecule has 2 atom stereocenters. The van der Waals surface area contributed by atoms with E-state index >= 15 is 0 Å². The summed E-state index contributed by atoms with van der Waals surface area (Å²) >= 11 is 2.19. The van der Waals surface area contributed by atoms with Gasteiger partial charge in [-0.15, -0.1) is 0 Å². The fourth-order valence-electron chi connectivity index (χ4n) is 3.70. The molecule has 0 radical (unpaired) electrons. The van der Waals surface area contributed by atoms with E-state index in [2.05, 4.69) is 56.5 Å². The Labute approximate surface area is 218 Å². The minimum atomic E-state index is -4.45. The van der Waals surface area contributed by atoms with Gasteiger partial charge < -0.3 is 24.7 Å². The molecule has 0 amide bonds. The van der Waals surface area contributed by atoms with E-state index < -0.39 is 11.7 Å². The highest BCUT2D eigenvalue weighted by molar-refractivity contribution is 14.2. The van der Waals surface area contributed by atoms with Crippen molar-refractivity contribution in [3.63, 3.8) is 0 Å². The number of benzene rings is 1. The number of alkyl halides is 3. The number of pyridine rings is 1. The molecular weight excluding hydrogens is 595 g/mol. The molecule has 2 N–H and O–H groups in total. The first-order valence-electron chi connectivity index (χ1n) is 10.9. The smallest absolute Gasteiger partial charge is 0.416 e. The third-order valence-electron chi connectivity index (χ3n) is 5.07. The van der Waals surface area contributed by atoms with E-state index in [0.29, 0.717) is 42.9 Å². The van der Waals surface area contributed by atoms with E-state index in [1.54, 1.807) is 13.2 Å². The normalized spacial score (nSPS) is 16.2. The highest BCUT2D eigenvalue weighted by Gasteiger charge is 2.35. The number of nitrogens with one attached hydrogen (secondary N) is 2. The van der Waals surface area contributed by atoms with Crippen LogP contribution in [-0.2, 0) is 15.5 Å². The molecule has 0 spiro atoms. The molecule has 7 nitrogen and oxygen atoms in total. The van der Waals surface area contributed by atoms with Crippen molar-refractivity contribution >= 4 is 46.9 Å². The van der Waals surface area contributed by atoms with E-state index in [1.807, 2.05) is 6.79 Å². The van der Waals surface area contributed by atoms with Crippen LogP contribution in [0.4, 0.5) is 19.0 Å². The molecule has 2 unspecified atom stereocenters. The maximum absolute atomic E-state index is 13.2. The van der Waals surface area contributed by atoms with Crippen LogP contribution in [0.1, 0.15) is 49.4 Å². The van der Waals surface area contributed by atoms with E-state index in [1.165, 1.54) is 12.1 Å². The zero-order chi connectivity index (χ0) is 26.0. The summed E-state index contributed by atoms with van der Waals surface area (Å²) in [6.07, 6.45) is -1.26. The molecule has 0 fully saturated rings. The van der Waals surface area contributed by atoms with Crippen molar-refractivity contribution in [2.24, 2.45) is 10.9 Å². The molecule has 0 saturated carbocycles. The number of carbonyl (C=O) groups is 1. The summed E-state index contributed by atoms with van der Waals surface area (Å²) < 4.78 is 50.9. The summed E-state index contributed by atoms with van der Waals surface area (Å²) in [6.45, 7) is 7.97. The molecule has 1 aromatic heterocycles. The Kier molecular flexibility index (Phi) is 11.6. The Bertz CT molecular complexity index is 1010. The van der Waals surface area contributed by atoms with Gasteiger partial charge in [0.1, 0.15) is 24.2 Å². The van der Waals surface area contributed by atoms with Gasteiger partial charge in [-0.05, 0) is 59.0 Å². The van der Waals surface area contributed by atoms with Gasteiger partial charge in [-0.3, -0.25) is 4.99 Å². The van der Waals surface area contributed by atoms with E-state index in [0.717, 1.165) is 36.1 Å². The first-order chi connectivity index (χ1) is 16.7. The van der Waals surface area contributed by atoms with Crippen LogP contribution in [0.2, 0.25) is 0 Å². The van der Waals surface area contributed by atoms with Crippen molar-refractivity contribution in [2.75, 3.05) is 25.5 Å². The molecule has 192 valence electrons. The summed E-state index contributed by atoms with van der Waals surface area (Å²) in [6, 6.07) is 4.78. The van der Waals surface area contributed by atoms with Crippen molar-refractivity contribution in [1.29, 1.82) is 0 Å². The van der Waals surface area contributed by atoms with E-state index in [4.69, 9.17) is 14.1 Å². The Morgan fingerprint density at radius 1 is 1.34 bits per heavy atom. The molecule has 2 aromatic rings. The standard InChI is InChI=1S/C22H27F3IN4O2P.CH2O/c1-13(2)10-16-18-17(32-15-7-4-6-14(11-15)22(23,24)25)12-29-21(19(18)20(27-3)30-16)28-8-5-9-31-33-26;1-2/h4,6-7,11-13,16,33H,5,8-10H2,1-3H3,(H,27,30)(H,28,29);1H2. The number of hydrogen-bond acceptors (Lipinski definition) is 6. The fourth-order valence-corrected chi connectivity index (χ4v) is 4.58. The number of aromatic nitrogens is 1. The minimum absolute atomic E-state index is 0.0911. The predicted octanol–water partition coefficient (Wildman–Crippen LogP) is 6.54. The van der Waals surface area contributed by atoms with Gasteiger partial charge in [-0.25, -0.2) is 4.98 Å². The monoisotopic (exact) mass is 624 g/mol. The fraction of sp³-hybridized carbons (Fsp3) is 0.435. The minimum Gasteiger partial charge on any atom is -0.455 e. The predicted molar refractivity (Wildman–Crippen MR) is 142 cm³/mol. The quantitative estimate of drug-likeness (QED) is 0.178. The lowest BCUT2D eigenvalue weighted by Crippen LogP contribution is -2.21. The SMILES string of the molecule is C=O.CN=C1NC(CC(C)C)c2c(Oc3cccc(C(F)(F)F)c3)cnc(NCCCOPI)c21. The van der Waals surface area contributed by atoms with Gasteiger partial charge in [-0.1, -0.05) is 19.9 Å². The third-order valence-corrected chi connectivity index (χ3v) is 6.32. The Hall–Kier alpha value is -1.98. The van der Waals surface area contributed by atoms with Crippen molar-refractivity contribution < 1.29 is 27.2 Å². The first kappa shape index (κ1) is 29.3. The molecule has 0 bridgehead atoms. The van der Waals surface area contributed by atoms with Crippen LogP contribution in [0.15, 0.2) is 35.5 Å². The van der Waals surface area contributed by atoms with E-state index in [-0.39, 0.29) is 11.8 Å². The maximum Gasteiger partial charge on any atom is 0.416 e. The first-order valence-corrected chi connectivity index (χ1v) is 14.9. The molecule has 1 aliphatic rings. The number of carbonyl (C=O) groups excluding carboxylic acids is 1. The van der Waals surface area contributed by atoms with Crippen LogP contribution in [0.5, 0.6) is 11.5 Å². The van der Waals surface area contributed by atoms with Crippen molar-refractivity contribution in [2.45, 2.75) is 38.9 Å². The number of halogens is 4. The van der Waals surface area contributed by atoms with Gasteiger partial charge in [0.05, 0.1) is 36.4 Å². The number of rotatable bonds is 10. The lowest BCUT2D eigenvalue weighted by atomic mass is 9.96. The van der Waals surface area contributed by atoms with Gasteiger partial charge in [0.2, 0.25) is 0 Å².